The van der Waals surface area contributed by atoms with Crippen LogP contribution in [-0.2, 0) is 10.0 Å². The first kappa shape index (κ1) is 26.0. The van der Waals surface area contributed by atoms with Crippen LogP contribution in [0.2, 0.25) is 5.02 Å². The van der Waals surface area contributed by atoms with Crippen molar-refractivity contribution in [3.8, 4) is 17.0 Å². The molecule has 3 heterocycles. The van der Waals surface area contributed by atoms with Crippen molar-refractivity contribution in [3.05, 3.63) is 77.1 Å². The first-order valence-corrected chi connectivity index (χ1v) is 12.6. The number of halogens is 4. The summed E-state index contributed by atoms with van der Waals surface area (Å²) in [5.41, 5.74) is -2.25. The van der Waals surface area contributed by atoms with Gasteiger partial charge in [-0.15, -0.1) is 0 Å². The number of sulfonamides is 1. The number of anilines is 2. The first-order valence-electron chi connectivity index (χ1n) is 10.8. The van der Waals surface area contributed by atoms with Gasteiger partial charge in [0, 0.05) is 23.3 Å². The number of fused-ring (bicyclic) bond motifs is 1. The number of amides is 1. The highest BCUT2D eigenvalue weighted by Crippen LogP contribution is 2.36. The Morgan fingerprint density at radius 2 is 1.90 bits per heavy atom. The summed E-state index contributed by atoms with van der Waals surface area (Å²) in [6, 6.07) is 4.93. The molecule has 1 amide bonds. The van der Waals surface area contributed by atoms with Gasteiger partial charge in [0.25, 0.3) is 15.9 Å². The van der Waals surface area contributed by atoms with Crippen molar-refractivity contribution in [2.75, 3.05) is 17.1 Å². The third-order valence-electron chi connectivity index (χ3n) is 5.52. The van der Waals surface area contributed by atoms with Crippen LogP contribution in [-0.4, -0.2) is 46.8 Å². The lowest BCUT2D eigenvalue weighted by Crippen LogP contribution is -2.16. The standard InChI is InChI=1S/C23H15ClF3N7O4S/c1-38-23-16(6-10(24)7-28-23)39(36,37)34-15-5-4-14(25)17(19(15)27)12-2-3-13-20(18(12)26)32-33-21(13)22(35)31-11-8-29-30-9-11/h2-9,34H,1H3,(H,29,30)(H,31,35)(H,32,33). The molecule has 0 spiro atoms. The summed E-state index contributed by atoms with van der Waals surface area (Å²) in [5, 5.41) is 14.9. The Kier molecular flexibility index (Phi) is 6.61. The molecule has 0 aliphatic rings. The predicted molar refractivity (Wildman–Crippen MR) is 135 cm³/mol. The van der Waals surface area contributed by atoms with E-state index in [4.69, 9.17) is 16.3 Å². The maximum absolute atomic E-state index is 15.5. The lowest BCUT2D eigenvalue weighted by Gasteiger charge is -2.14. The normalized spacial score (nSPS) is 11.5. The number of H-pyrrole nitrogens is 2. The van der Waals surface area contributed by atoms with Crippen LogP contribution in [0, 0.1) is 17.5 Å². The van der Waals surface area contributed by atoms with Crippen LogP contribution in [0.5, 0.6) is 5.88 Å². The topological polar surface area (TPSA) is 155 Å². The number of methoxy groups -OCH3 is 1. The fourth-order valence-corrected chi connectivity index (χ4v) is 5.19. The number of hydrogen-bond acceptors (Lipinski definition) is 7. The van der Waals surface area contributed by atoms with Gasteiger partial charge >= 0.3 is 0 Å². The Morgan fingerprint density at radius 3 is 2.62 bits per heavy atom. The second-order valence-electron chi connectivity index (χ2n) is 7.91. The lowest BCUT2D eigenvalue weighted by molar-refractivity contribution is 0.102. The summed E-state index contributed by atoms with van der Waals surface area (Å²) >= 11 is 5.85. The molecule has 0 unspecified atom stereocenters. The molecule has 0 aliphatic heterocycles. The minimum atomic E-state index is -4.53. The predicted octanol–water partition coefficient (Wildman–Crippen LogP) is 4.48. The van der Waals surface area contributed by atoms with Crippen LogP contribution in [0.1, 0.15) is 10.5 Å². The third kappa shape index (κ3) is 4.72. The summed E-state index contributed by atoms with van der Waals surface area (Å²) in [7, 11) is -3.36. The Balaban J connectivity index is 1.54. The number of aromatic nitrogens is 5. The minimum absolute atomic E-state index is 0.0375. The number of hydrogen-bond donors (Lipinski definition) is 4. The number of ether oxygens (including phenoxy) is 1. The number of aromatic amines is 2. The molecule has 0 saturated carbocycles. The molecule has 0 atom stereocenters. The quantitative estimate of drug-likeness (QED) is 0.222. The average molecular weight is 578 g/mol. The number of carbonyl (C=O) groups is 1. The van der Waals surface area contributed by atoms with E-state index in [1.807, 2.05) is 4.72 Å². The van der Waals surface area contributed by atoms with E-state index in [1.165, 1.54) is 25.6 Å². The Hall–Kier alpha value is -4.63. The molecule has 0 bridgehead atoms. The van der Waals surface area contributed by atoms with Crippen LogP contribution < -0.4 is 14.8 Å². The average Bonchev–Trinajstić information content (AvgIpc) is 3.57. The molecule has 0 fully saturated rings. The molecule has 39 heavy (non-hydrogen) atoms. The van der Waals surface area contributed by atoms with Crippen LogP contribution in [0.25, 0.3) is 22.0 Å². The van der Waals surface area contributed by atoms with E-state index in [0.717, 1.165) is 30.5 Å². The van der Waals surface area contributed by atoms with Gasteiger partial charge < -0.3 is 10.1 Å². The summed E-state index contributed by atoms with van der Waals surface area (Å²) in [5.74, 6) is -4.71. The van der Waals surface area contributed by atoms with Gasteiger partial charge in [-0.3, -0.25) is 19.7 Å². The molecule has 3 aromatic heterocycles. The zero-order valence-corrected chi connectivity index (χ0v) is 21.1. The molecule has 200 valence electrons. The maximum Gasteiger partial charge on any atom is 0.274 e. The van der Waals surface area contributed by atoms with Gasteiger partial charge in [0.2, 0.25) is 5.88 Å². The number of rotatable bonds is 7. The highest BCUT2D eigenvalue weighted by molar-refractivity contribution is 7.92. The molecule has 0 aliphatic carbocycles. The van der Waals surface area contributed by atoms with Crippen molar-refractivity contribution in [3.63, 3.8) is 0 Å². The van der Waals surface area contributed by atoms with Gasteiger partial charge in [-0.25, -0.2) is 26.6 Å². The molecule has 0 radical (unpaired) electrons. The zero-order chi connectivity index (χ0) is 27.9. The van der Waals surface area contributed by atoms with Crippen molar-refractivity contribution >= 4 is 49.8 Å². The van der Waals surface area contributed by atoms with E-state index in [1.54, 1.807) is 0 Å². The molecular formula is C23H15ClF3N7O4S. The highest BCUT2D eigenvalue weighted by atomic mass is 35.5. The summed E-state index contributed by atoms with van der Waals surface area (Å²) in [4.78, 5) is 15.8. The molecular weight excluding hydrogens is 563 g/mol. The highest BCUT2D eigenvalue weighted by Gasteiger charge is 2.27. The van der Waals surface area contributed by atoms with E-state index in [9.17, 15) is 17.6 Å². The van der Waals surface area contributed by atoms with Crippen molar-refractivity contribution in [1.82, 2.24) is 25.4 Å². The van der Waals surface area contributed by atoms with Crippen LogP contribution in [0.3, 0.4) is 0 Å². The van der Waals surface area contributed by atoms with Crippen LogP contribution in [0.15, 0.2) is 53.8 Å². The number of nitrogens with one attached hydrogen (secondary N) is 4. The van der Waals surface area contributed by atoms with Gasteiger partial charge in [0.05, 0.1) is 35.3 Å². The second kappa shape index (κ2) is 9.92. The third-order valence-corrected chi connectivity index (χ3v) is 7.09. The van der Waals surface area contributed by atoms with E-state index >= 15 is 8.78 Å². The minimum Gasteiger partial charge on any atom is -0.480 e. The van der Waals surface area contributed by atoms with Gasteiger partial charge in [-0.05, 0) is 24.3 Å². The van der Waals surface area contributed by atoms with E-state index in [-0.39, 0.29) is 27.5 Å². The van der Waals surface area contributed by atoms with Crippen LogP contribution >= 0.6 is 11.6 Å². The van der Waals surface area contributed by atoms with Gasteiger partial charge in [0.15, 0.2) is 16.5 Å². The van der Waals surface area contributed by atoms with Crippen LogP contribution in [0.4, 0.5) is 24.5 Å². The maximum atomic E-state index is 15.5. The molecule has 11 nitrogen and oxygen atoms in total. The SMILES string of the molecule is COc1ncc(Cl)cc1S(=O)(=O)Nc1ccc(F)c(-c2ccc3c(C(=O)Nc4cn[nH]c4)[nH]nc3c2F)c1F. The van der Waals surface area contributed by atoms with Crippen molar-refractivity contribution < 1.29 is 31.1 Å². The number of benzene rings is 2. The molecule has 5 aromatic rings. The van der Waals surface area contributed by atoms with Gasteiger partial charge in [-0.2, -0.15) is 10.2 Å². The first-order chi connectivity index (χ1) is 18.6. The lowest BCUT2D eigenvalue weighted by atomic mass is 10.0. The Morgan fingerprint density at radius 1 is 1.10 bits per heavy atom. The number of carbonyl (C=O) groups excluding carboxylic acids is 1. The zero-order valence-electron chi connectivity index (χ0n) is 19.5. The monoisotopic (exact) mass is 577 g/mol. The smallest absolute Gasteiger partial charge is 0.274 e. The molecule has 0 saturated heterocycles. The molecule has 16 heteroatoms. The Labute approximate surface area is 222 Å². The molecule has 4 N–H and O–H groups in total. The summed E-state index contributed by atoms with van der Waals surface area (Å²) < 4.78 is 78.7. The summed E-state index contributed by atoms with van der Waals surface area (Å²) in [6.45, 7) is 0. The molecule has 5 rings (SSSR count). The van der Waals surface area contributed by atoms with E-state index in [2.05, 4.69) is 30.7 Å². The number of nitrogens with zero attached hydrogens (tertiary/aromatic N) is 3. The Bertz CT molecular complexity index is 1850. The van der Waals surface area contributed by atoms with Crippen molar-refractivity contribution in [2.45, 2.75) is 4.90 Å². The van der Waals surface area contributed by atoms with Gasteiger partial charge in [0.1, 0.15) is 17.0 Å². The van der Waals surface area contributed by atoms with Crippen molar-refractivity contribution in [1.29, 1.82) is 0 Å². The van der Waals surface area contributed by atoms with E-state index in [0.29, 0.717) is 5.69 Å². The van der Waals surface area contributed by atoms with Gasteiger partial charge in [-0.1, -0.05) is 17.7 Å². The van der Waals surface area contributed by atoms with Crippen molar-refractivity contribution in [2.24, 2.45) is 0 Å². The van der Waals surface area contributed by atoms with E-state index < -0.39 is 55.1 Å². The second-order valence-corrected chi connectivity index (χ2v) is 10.0. The number of pyridine rings is 1. The largest absolute Gasteiger partial charge is 0.480 e. The fraction of sp³-hybridized carbons (Fsp3) is 0.0435. The molecule has 2 aromatic carbocycles. The summed E-state index contributed by atoms with van der Waals surface area (Å²) in [6.07, 6.45) is 3.91. The fourth-order valence-electron chi connectivity index (χ4n) is 3.76.